The molecule has 3 aromatic rings. The van der Waals surface area contributed by atoms with Gasteiger partial charge in [-0.2, -0.15) is 0 Å². The van der Waals surface area contributed by atoms with E-state index in [9.17, 15) is 9.59 Å². The first-order valence-corrected chi connectivity index (χ1v) is 11.6. The van der Waals surface area contributed by atoms with Gasteiger partial charge in [0.2, 0.25) is 11.8 Å². The van der Waals surface area contributed by atoms with Crippen molar-refractivity contribution in [2.45, 2.75) is 25.7 Å². The topological polar surface area (TPSA) is 49.4 Å². The zero-order chi connectivity index (χ0) is 21.7. The zero-order valence-electron chi connectivity index (χ0n) is 17.8. The van der Waals surface area contributed by atoms with E-state index in [0.717, 1.165) is 17.5 Å². The van der Waals surface area contributed by atoms with E-state index in [1.54, 1.807) is 18.4 Å². The zero-order valence-corrected chi connectivity index (χ0v) is 18.7. The minimum absolute atomic E-state index is 0.0202. The Kier molecular flexibility index (Phi) is 6.52. The molecule has 1 aromatic heterocycles. The molecule has 1 N–H and O–H groups in total. The molecule has 1 fully saturated rings. The van der Waals surface area contributed by atoms with E-state index in [0.29, 0.717) is 32.4 Å². The number of likely N-dealkylation sites (tertiary alicyclic amines) is 1. The third kappa shape index (κ3) is 4.72. The van der Waals surface area contributed by atoms with Crippen molar-refractivity contribution in [1.29, 1.82) is 0 Å². The first-order valence-electron chi connectivity index (χ1n) is 10.8. The number of hydrogen-bond acceptors (Lipinski definition) is 3. The van der Waals surface area contributed by atoms with E-state index in [4.69, 9.17) is 0 Å². The molecule has 0 unspecified atom stereocenters. The molecule has 31 heavy (non-hydrogen) atoms. The maximum Gasteiger partial charge on any atom is 0.228 e. The van der Waals surface area contributed by atoms with Crippen LogP contribution in [0.3, 0.4) is 0 Å². The molecule has 1 aliphatic heterocycles. The fourth-order valence-electron chi connectivity index (χ4n) is 4.53. The van der Waals surface area contributed by atoms with Gasteiger partial charge in [0.05, 0.1) is 5.41 Å². The van der Waals surface area contributed by atoms with Crippen LogP contribution in [0, 0.1) is 5.41 Å². The van der Waals surface area contributed by atoms with Crippen LogP contribution in [0.5, 0.6) is 0 Å². The number of hydrogen-bond donors (Lipinski definition) is 1. The molecule has 0 bridgehead atoms. The molecule has 0 aliphatic carbocycles. The summed E-state index contributed by atoms with van der Waals surface area (Å²) in [6.45, 7) is 1.10. The second kappa shape index (κ2) is 9.48. The summed E-state index contributed by atoms with van der Waals surface area (Å²) in [6.07, 6.45) is 2.51. The van der Waals surface area contributed by atoms with E-state index in [2.05, 4.69) is 28.9 Å². The number of nitrogens with one attached hydrogen (secondary N) is 1. The van der Waals surface area contributed by atoms with Crippen LogP contribution in [0.2, 0.25) is 0 Å². The van der Waals surface area contributed by atoms with Crippen molar-refractivity contribution < 1.29 is 9.59 Å². The molecule has 1 saturated heterocycles. The van der Waals surface area contributed by atoms with Crippen LogP contribution < -0.4 is 5.32 Å². The third-order valence-electron chi connectivity index (χ3n) is 6.22. The lowest BCUT2D eigenvalue weighted by atomic mass is 9.78. The third-order valence-corrected chi connectivity index (χ3v) is 7.12. The minimum atomic E-state index is -0.593. The second-order valence-corrected chi connectivity index (χ2v) is 9.17. The fourth-order valence-corrected chi connectivity index (χ4v) is 5.31. The summed E-state index contributed by atoms with van der Waals surface area (Å²) < 4.78 is 0. The summed E-state index contributed by atoms with van der Waals surface area (Å²) in [4.78, 5) is 29.0. The number of carbonyl (C=O) groups is 2. The lowest BCUT2D eigenvalue weighted by molar-refractivity contribution is -0.133. The van der Waals surface area contributed by atoms with Crippen molar-refractivity contribution in [3.8, 4) is 10.4 Å². The van der Waals surface area contributed by atoms with Crippen molar-refractivity contribution in [1.82, 2.24) is 10.2 Å². The van der Waals surface area contributed by atoms with E-state index in [1.807, 2.05) is 53.4 Å². The van der Waals surface area contributed by atoms with Crippen LogP contribution in [-0.4, -0.2) is 36.9 Å². The number of nitrogens with zero attached hydrogens (tertiary/aromatic N) is 1. The highest BCUT2D eigenvalue weighted by atomic mass is 32.1. The van der Waals surface area contributed by atoms with Gasteiger partial charge in [0, 0.05) is 31.4 Å². The van der Waals surface area contributed by atoms with Crippen molar-refractivity contribution >= 4 is 23.2 Å². The van der Waals surface area contributed by atoms with E-state index < -0.39 is 5.41 Å². The Morgan fingerprint density at radius 2 is 1.81 bits per heavy atom. The molecule has 4 nitrogen and oxygen atoms in total. The first-order chi connectivity index (χ1) is 15.1. The highest BCUT2D eigenvalue weighted by molar-refractivity contribution is 7.13. The molecule has 160 valence electrons. The maximum absolute atomic E-state index is 13.0. The molecule has 0 saturated carbocycles. The molecular formula is C26H28N2O2S. The van der Waals surface area contributed by atoms with Crippen LogP contribution >= 0.6 is 11.3 Å². The number of benzene rings is 2. The van der Waals surface area contributed by atoms with E-state index >= 15 is 0 Å². The van der Waals surface area contributed by atoms with Crippen LogP contribution in [-0.2, 0) is 22.4 Å². The van der Waals surface area contributed by atoms with Crippen LogP contribution in [0.1, 0.15) is 24.0 Å². The van der Waals surface area contributed by atoms with Gasteiger partial charge >= 0.3 is 0 Å². The molecule has 0 spiro atoms. The van der Waals surface area contributed by atoms with Crippen LogP contribution in [0.4, 0.5) is 0 Å². The number of aryl methyl sites for hydroxylation is 1. The van der Waals surface area contributed by atoms with Crippen molar-refractivity contribution in [2.24, 2.45) is 5.41 Å². The second-order valence-electron chi connectivity index (χ2n) is 8.22. The summed E-state index contributed by atoms with van der Waals surface area (Å²) in [6, 6.07) is 22.5. The molecule has 2 aromatic carbocycles. The largest absolute Gasteiger partial charge is 0.359 e. The maximum atomic E-state index is 13.0. The minimum Gasteiger partial charge on any atom is -0.359 e. The summed E-state index contributed by atoms with van der Waals surface area (Å²) >= 11 is 1.71. The summed E-state index contributed by atoms with van der Waals surface area (Å²) in [7, 11) is 1.69. The lowest BCUT2D eigenvalue weighted by Crippen LogP contribution is -2.44. The van der Waals surface area contributed by atoms with Crippen LogP contribution in [0.25, 0.3) is 10.4 Å². The number of amides is 2. The van der Waals surface area contributed by atoms with Gasteiger partial charge in [-0.1, -0.05) is 60.7 Å². The Hall–Kier alpha value is -2.92. The molecule has 1 atom stereocenters. The highest BCUT2D eigenvalue weighted by Crippen LogP contribution is 2.38. The van der Waals surface area contributed by atoms with Crippen molar-refractivity contribution in [3.63, 3.8) is 0 Å². The summed E-state index contributed by atoms with van der Waals surface area (Å²) in [5, 5.41) is 4.94. The Labute approximate surface area is 187 Å². The summed E-state index contributed by atoms with van der Waals surface area (Å²) in [5.41, 5.74) is 2.91. The smallest absolute Gasteiger partial charge is 0.228 e. The van der Waals surface area contributed by atoms with Crippen molar-refractivity contribution in [2.75, 3.05) is 20.1 Å². The van der Waals surface area contributed by atoms with Gasteiger partial charge in [-0.25, -0.2) is 0 Å². The number of carbonyl (C=O) groups excluding carboxylic acids is 2. The number of rotatable bonds is 7. The molecule has 5 heteroatoms. The molecule has 1 aliphatic rings. The van der Waals surface area contributed by atoms with Gasteiger partial charge in [0.25, 0.3) is 0 Å². The predicted molar refractivity (Wildman–Crippen MR) is 126 cm³/mol. The SMILES string of the molecule is CNC(=O)[C@]1(Cc2ccccc2-c2cccs2)CCN(C(=O)CCc2ccccc2)C1. The van der Waals surface area contributed by atoms with Gasteiger partial charge in [-0.05, 0) is 47.4 Å². The molecule has 4 rings (SSSR count). The van der Waals surface area contributed by atoms with E-state index in [1.165, 1.54) is 10.4 Å². The van der Waals surface area contributed by atoms with E-state index in [-0.39, 0.29) is 11.8 Å². The van der Waals surface area contributed by atoms with Crippen molar-refractivity contribution in [3.05, 3.63) is 83.2 Å². The predicted octanol–water partition coefficient (Wildman–Crippen LogP) is 4.56. The Bertz CT molecular complexity index is 1030. The molecule has 2 heterocycles. The molecular weight excluding hydrogens is 404 g/mol. The average molecular weight is 433 g/mol. The fraction of sp³-hybridized carbons (Fsp3) is 0.308. The number of thiophene rings is 1. The lowest BCUT2D eigenvalue weighted by Gasteiger charge is -2.28. The quantitative estimate of drug-likeness (QED) is 0.595. The highest BCUT2D eigenvalue weighted by Gasteiger charge is 2.45. The Balaban J connectivity index is 1.51. The molecule has 0 radical (unpaired) electrons. The van der Waals surface area contributed by atoms with Gasteiger partial charge in [0.1, 0.15) is 0 Å². The van der Waals surface area contributed by atoms with Gasteiger partial charge < -0.3 is 10.2 Å². The van der Waals surface area contributed by atoms with Gasteiger partial charge in [-0.3, -0.25) is 9.59 Å². The normalized spacial score (nSPS) is 18.2. The Morgan fingerprint density at radius 1 is 1.03 bits per heavy atom. The van der Waals surface area contributed by atoms with Gasteiger partial charge in [-0.15, -0.1) is 11.3 Å². The Morgan fingerprint density at radius 3 is 2.55 bits per heavy atom. The molecule has 2 amide bonds. The average Bonchev–Trinajstić information content (AvgIpc) is 3.49. The standard InChI is InChI=1S/C26H28N2O2S/c1-27-25(30)26(18-21-10-5-6-11-22(21)23-12-7-17-31-23)15-16-28(19-26)24(29)14-13-20-8-3-2-4-9-20/h2-12,17H,13-16,18-19H2,1H3,(H,27,30)/t26-/m0/s1. The first kappa shape index (κ1) is 21.3. The van der Waals surface area contributed by atoms with Crippen LogP contribution in [0.15, 0.2) is 72.1 Å². The monoisotopic (exact) mass is 432 g/mol. The summed E-state index contributed by atoms with van der Waals surface area (Å²) in [5.74, 6) is 0.146. The van der Waals surface area contributed by atoms with Gasteiger partial charge in [0.15, 0.2) is 0 Å².